The largest absolute Gasteiger partial charge is 0.395 e. The molecule has 1 aromatic heterocycles. The Labute approximate surface area is 117 Å². The zero-order valence-electron chi connectivity index (χ0n) is 11.7. The maximum atomic E-state index is 13.3. The van der Waals surface area contributed by atoms with Crippen LogP contribution in [-0.2, 0) is 13.1 Å². The molecule has 2 aromatic rings. The zero-order chi connectivity index (χ0) is 14.5. The van der Waals surface area contributed by atoms with E-state index in [-0.39, 0.29) is 12.4 Å². The summed E-state index contributed by atoms with van der Waals surface area (Å²) in [6, 6.07) is 4.61. The lowest BCUT2D eigenvalue weighted by Gasteiger charge is -2.19. The Morgan fingerprint density at radius 2 is 2.25 bits per heavy atom. The molecule has 3 N–H and O–H groups in total. The lowest BCUT2D eigenvalue weighted by atomic mass is 10.3. The standard InChI is InChI=1S/C14H21FN4O/c1-2-18(7-8-20)10-14-17-12-9-11(15)3-4-13(12)19(14)6-5-16/h3-4,9,20H,2,5-8,10,16H2,1H3. The highest BCUT2D eigenvalue weighted by Gasteiger charge is 2.13. The quantitative estimate of drug-likeness (QED) is 0.792. The van der Waals surface area contributed by atoms with Gasteiger partial charge in [-0.1, -0.05) is 6.92 Å². The second kappa shape index (κ2) is 6.78. The van der Waals surface area contributed by atoms with E-state index in [0.29, 0.717) is 31.7 Å². The van der Waals surface area contributed by atoms with Crippen LogP contribution in [0.1, 0.15) is 12.7 Å². The van der Waals surface area contributed by atoms with Crippen LogP contribution in [0.15, 0.2) is 18.2 Å². The van der Waals surface area contributed by atoms with Crippen molar-refractivity contribution in [1.82, 2.24) is 14.5 Å². The molecule has 0 fully saturated rings. The van der Waals surface area contributed by atoms with Crippen LogP contribution in [0.3, 0.4) is 0 Å². The van der Waals surface area contributed by atoms with Crippen molar-refractivity contribution in [3.63, 3.8) is 0 Å². The molecule has 0 unspecified atom stereocenters. The van der Waals surface area contributed by atoms with Crippen LogP contribution in [0.25, 0.3) is 11.0 Å². The van der Waals surface area contributed by atoms with Gasteiger partial charge in [0.05, 0.1) is 24.2 Å². The normalized spacial score (nSPS) is 11.7. The van der Waals surface area contributed by atoms with Crippen LogP contribution >= 0.6 is 0 Å². The smallest absolute Gasteiger partial charge is 0.125 e. The fourth-order valence-corrected chi connectivity index (χ4v) is 2.34. The predicted octanol–water partition coefficient (Wildman–Crippen LogP) is 0.948. The van der Waals surface area contributed by atoms with Crippen molar-refractivity contribution in [2.75, 3.05) is 26.2 Å². The third kappa shape index (κ3) is 3.15. The molecular weight excluding hydrogens is 259 g/mol. The molecule has 0 atom stereocenters. The van der Waals surface area contributed by atoms with E-state index in [4.69, 9.17) is 10.8 Å². The molecule has 6 heteroatoms. The van der Waals surface area contributed by atoms with E-state index in [0.717, 1.165) is 17.9 Å². The van der Waals surface area contributed by atoms with Gasteiger partial charge in [0.15, 0.2) is 0 Å². The van der Waals surface area contributed by atoms with E-state index in [2.05, 4.69) is 9.88 Å². The number of rotatable bonds is 7. The maximum Gasteiger partial charge on any atom is 0.125 e. The zero-order valence-corrected chi connectivity index (χ0v) is 11.7. The average Bonchev–Trinajstić information content (AvgIpc) is 2.76. The molecule has 1 aromatic carbocycles. The van der Waals surface area contributed by atoms with Gasteiger partial charge in [-0.2, -0.15) is 0 Å². The predicted molar refractivity (Wildman–Crippen MR) is 76.8 cm³/mol. The fourth-order valence-electron chi connectivity index (χ4n) is 2.34. The van der Waals surface area contributed by atoms with Crippen LogP contribution in [0, 0.1) is 5.82 Å². The lowest BCUT2D eigenvalue weighted by Crippen LogP contribution is -2.28. The van der Waals surface area contributed by atoms with Crippen LogP contribution in [0.4, 0.5) is 4.39 Å². The molecule has 0 amide bonds. The molecule has 110 valence electrons. The first-order valence-corrected chi connectivity index (χ1v) is 6.87. The molecule has 0 spiro atoms. The number of halogens is 1. The number of hydrogen-bond acceptors (Lipinski definition) is 4. The molecule has 0 bridgehead atoms. The molecule has 0 radical (unpaired) electrons. The van der Waals surface area contributed by atoms with Crippen molar-refractivity contribution in [3.8, 4) is 0 Å². The lowest BCUT2D eigenvalue weighted by molar-refractivity contribution is 0.192. The SMILES string of the molecule is CCN(CCO)Cc1nc2cc(F)ccc2n1CCN. The number of nitrogens with two attached hydrogens (primary N) is 1. The summed E-state index contributed by atoms with van der Waals surface area (Å²) in [6.45, 7) is 5.33. The summed E-state index contributed by atoms with van der Waals surface area (Å²) in [4.78, 5) is 6.59. The van der Waals surface area contributed by atoms with Gasteiger partial charge in [0, 0.05) is 25.7 Å². The number of nitrogens with zero attached hydrogens (tertiary/aromatic N) is 3. The van der Waals surface area contributed by atoms with Gasteiger partial charge >= 0.3 is 0 Å². The Bertz CT molecular complexity index is 570. The summed E-state index contributed by atoms with van der Waals surface area (Å²) in [7, 11) is 0. The van der Waals surface area contributed by atoms with Crippen molar-refractivity contribution in [1.29, 1.82) is 0 Å². The summed E-state index contributed by atoms with van der Waals surface area (Å²) >= 11 is 0. The van der Waals surface area contributed by atoms with Gasteiger partial charge in [-0.15, -0.1) is 0 Å². The van der Waals surface area contributed by atoms with Gasteiger partial charge in [0.25, 0.3) is 0 Å². The minimum absolute atomic E-state index is 0.111. The molecule has 1 heterocycles. The number of hydrogen-bond donors (Lipinski definition) is 2. The molecule has 0 aliphatic carbocycles. The first kappa shape index (κ1) is 14.9. The van der Waals surface area contributed by atoms with Crippen LogP contribution in [0.2, 0.25) is 0 Å². The van der Waals surface area contributed by atoms with Crippen molar-refractivity contribution in [2.45, 2.75) is 20.0 Å². The van der Waals surface area contributed by atoms with Gasteiger partial charge in [-0.3, -0.25) is 4.90 Å². The maximum absolute atomic E-state index is 13.3. The minimum Gasteiger partial charge on any atom is -0.395 e. The highest BCUT2D eigenvalue weighted by atomic mass is 19.1. The molecular formula is C14H21FN4O. The third-order valence-corrected chi connectivity index (χ3v) is 3.37. The molecule has 0 saturated heterocycles. The summed E-state index contributed by atoms with van der Waals surface area (Å²) in [5, 5.41) is 9.06. The Morgan fingerprint density at radius 1 is 1.45 bits per heavy atom. The Balaban J connectivity index is 2.37. The van der Waals surface area contributed by atoms with Crippen LogP contribution < -0.4 is 5.73 Å². The van der Waals surface area contributed by atoms with E-state index in [1.807, 2.05) is 11.5 Å². The van der Waals surface area contributed by atoms with Gasteiger partial charge in [0.1, 0.15) is 11.6 Å². The van der Waals surface area contributed by atoms with Crippen molar-refractivity contribution in [2.24, 2.45) is 5.73 Å². The number of likely N-dealkylation sites (N-methyl/N-ethyl adjacent to an activating group) is 1. The number of aliphatic hydroxyl groups is 1. The monoisotopic (exact) mass is 280 g/mol. The molecule has 0 aliphatic heterocycles. The van der Waals surface area contributed by atoms with E-state index >= 15 is 0 Å². The topological polar surface area (TPSA) is 67.3 Å². The summed E-state index contributed by atoms with van der Waals surface area (Å²) in [5.74, 6) is 0.565. The first-order valence-electron chi connectivity index (χ1n) is 6.87. The second-order valence-electron chi connectivity index (χ2n) is 4.69. The van der Waals surface area contributed by atoms with E-state index in [9.17, 15) is 4.39 Å². The molecule has 20 heavy (non-hydrogen) atoms. The average molecular weight is 280 g/mol. The van der Waals surface area contributed by atoms with E-state index in [1.54, 1.807) is 6.07 Å². The van der Waals surface area contributed by atoms with E-state index in [1.165, 1.54) is 12.1 Å². The summed E-state index contributed by atoms with van der Waals surface area (Å²) < 4.78 is 15.3. The highest BCUT2D eigenvalue weighted by Crippen LogP contribution is 2.18. The number of fused-ring (bicyclic) bond motifs is 1. The Morgan fingerprint density at radius 3 is 2.90 bits per heavy atom. The Hall–Kier alpha value is -1.50. The molecule has 0 aliphatic rings. The van der Waals surface area contributed by atoms with Gasteiger partial charge in [-0.25, -0.2) is 9.37 Å². The number of aromatic nitrogens is 2. The number of benzene rings is 1. The van der Waals surface area contributed by atoms with Crippen molar-refractivity contribution < 1.29 is 9.50 Å². The summed E-state index contributed by atoms with van der Waals surface area (Å²) in [5.41, 5.74) is 7.20. The minimum atomic E-state index is -0.288. The van der Waals surface area contributed by atoms with Crippen molar-refractivity contribution >= 4 is 11.0 Å². The second-order valence-corrected chi connectivity index (χ2v) is 4.69. The highest BCUT2D eigenvalue weighted by molar-refractivity contribution is 5.76. The van der Waals surface area contributed by atoms with Crippen LogP contribution in [0.5, 0.6) is 0 Å². The van der Waals surface area contributed by atoms with Gasteiger partial charge < -0.3 is 15.4 Å². The molecule has 0 saturated carbocycles. The third-order valence-electron chi connectivity index (χ3n) is 3.37. The van der Waals surface area contributed by atoms with Gasteiger partial charge in [-0.05, 0) is 18.7 Å². The Kier molecular flexibility index (Phi) is 5.05. The number of imidazole rings is 1. The van der Waals surface area contributed by atoms with Gasteiger partial charge in [0.2, 0.25) is 0 Å². The fraction of sp³-hybridized carbons (Fsp3) is 0.500. The number of aliphatic hydroxyl groups excluding tert-OH is 1. The first-order chi connectivity index (χ1) is 9.69. The molecule has 2 rings (SSSR count). The van der Waals surface area contributed by atoms with Crippen molar-refractivity contribution in [3.05, 3.63) is 29.8 Å². The van der Waals surface area contributed by atoms with E-state index < -0.39 is 0 Å². The van der Waals surface area contributed by atoms with Crippen LogP contribution in [-0.4, -0.2) is 45.8 Å². The molecule has 5 nitrogen and oxygen atoms in total. The summed E-state index contributed by atoms with van der Waals surface area (Å²) in [6.07, 6.45) is 0.